The molecular weight excluding hydrogens is 304 g/mol. The lowest BCUT2D eigenvalue weighted by molar-refractivity contribution is -0.0349. The monoisotopic (exact) mass is 332 g/mol. The van der Waals surface area contributed by atoms with Crippen molar-refractivity contribution in [3.63, 3.8) is 0 Å². The lowest BCUT2D eigenvalue weighted by atomic mass is 9.75. The fourth-order valence-corrected chi connectivity index (χ4v) is 5.39. The van der Waals surface area contributed by atoms with Gasteiger partial charge in [0.2, 0.25) is 0 Å². The van der Waals surface area contributed by atoms with Gasteiger partial charge in [-0.2, -0.15) is 0 Å². The molecule has 4 fully saturated rings. The molecule has 4 saturated heterocycles. The summed E-state index contributed by atoms with van der Waals surface area (Å²) in [7, 11) is 1.74. The number of piperidine rings is 3. The Labute approximate surface area is 143 Å². The molecule has 0 radical (unpaired) electrons. The Morgan fingerprint density at radius 1 is 1.12 bits per heavy atom. The zero-order valence-electron chi connectivity index (χ0n) is 14.3. The molecule has 0 unspecified atom stereocenters. The molecular formula is C19H28N2O3. The smallest absolute Gasteiger partial charge is 0.122 e. The van der Waals surface area contributed by atoms with Gasteiger partial charge in [0.1, 0.15) is 5.75 Å². The van der Waals surface area contributed by atoms with E-state index in [1.165, 1.54) is 31.5 Å². The van der Waals surface area contributed by atoms with E-state index in [0.717, 1.165) is 12.3 Å². The molecule has 4 aliphatic heterocycles. The van der Waals surface area contributed by atoms with Crippen LogP contribution < -0.4 is 4.74 Å². The number of nitrogens with zero attached hydrogens (tertiary/aromatic N) is 2. The number of hydrogen-bond acceptors (Lipinski definition) is 5. The molecule has 1 aromatic rings. The van der Waals surface area contributed by atoms with Crippen molar-refractivity contribution in [2.24, 2.45) is 5.92 Å². The maximum absolute atomic E-state index is 9.76. The molecule has 132 valence electrons. The van der Waals surface area contributed by atoms with Crippen LogP contribution in [0.25, 0.3) is 0 Å². The highest BCUT2D eigenvalue weighted by atomic mass is 16.5. The van der Waals surface area contributed by atoms with Crippen LogP contribution in [0.4, 0.5) is 0 Å². The third-order valence-corrected chi connectivity index (χ3v) is 6.46. The van der Waals surface area contributed by atoms with E-state index < -0.39 is 0 Å². The molecule has 4 aliphatic rings. The largest absolute Gasteiger partial charge is 0.496 e. The maximum atomic E-state index is 9.76. The number of fused-ring (bicyclic) bond motifs is 2. The lowest BCUT2D eigenvalue weighted by Crippen LogP contribution is -2.61. The summed E-state index contributed by atoms with van der Waals surface area (Å²) in [6.45, 7) is 3.27. The van der Waals surface area contributed by atoms with Crippen LogP contribution in [0.5, 0.6) is 5.75 Å². The molecule has 1 aromatic carbocycles. The third kappa shape index (κ3) is 2.46. The first-order valence-electron chi connectivity index (χ1n) is 9.13. The van der Waals surface area contributed by atoms with Gasteiger partial charge in [0, 0.05) is 30.1 Å². The van der Waals surface area contributed by atoms with Crippen molar-refractivity contribution in [2.75, 3.05) is 40.0 Å². The predicted octanol–water partition coefficient (Wildman–Crippen LogP) is 0.910. The Bertz CT molecular complexity index is 569. The van der Waals surface area contributed by atoms with Crippen LogP contribution in [0, 0.1) is 5.92 Å². The molecule has 5 rings (SSSR count). The van der Waals surface area contributed by atoms with Crippen LogP contribution in [0.1, 0.15) is 24.3 Å². The average molecular weight is 332 g/mol. The van der Waals surface area contributed by atoms with Gasteiger partial charge in [-0.05, 0) is 37.9 Å². The molecule has 2 N–H and O–H groups in total. The predicted molar refractivity (Wildman–Crippen MR) is 92.3 cm³/mol. The van der Waals surface area contributed by atoms with Crippen LogP contribution in [0.3, 0.4) is 0 Å². The van der Waals surface area contributed by atoms with Gasteiger partial charge in [0.05, 0.1) is 26.4 Å². The van der Waals surface area contributed by atoms with Crippen molar-refractivity contribution in [3.05, 3.63) is 29.8 Å². The Balaban J connectivity index is 1.72. The summed E-state index contributed by atoms with van der Waals surface area (Å²) in [5.74, 6) is 2.01. The normalized spacial score (nSPS) is 35.4. The summed E-state index contributed by atoms with van der Waals surface area (Å²) >= 11 is 0. The molecule has 0 spiro atoms. The minimum Gasteiger partial charge on any atom is -0.496 e. The van der Waals surface area contributed by atoms with E-state index in [9.17, 15) is 10.2 Å². The Morgan fingerprint density at radius 3 is 2.50 bits per heavy atom. The van der Waals surface area contributed by atoms with Crippen molar-refractivity contribution in [3.8, 4) is 5.75 Å². The number of benzene rings is 1. The number of ether oxygens (including phenoxy) is 1. The van der Waals surface area contributed by atoms with Crippen LogP contribution in [-0.2, 0) is 0 Å². The zero-order valence-corrected chi connectivity index (χ0v) is 14.3. The highest BCUT2D eigenvalue weighted by molar-refractivity contribution is 5.39. The number of rotatable bonds is 5. The summed E-state index contributed by atoms with van der Waals surface area (Å²) in [6.07, 6.45) is 2.47. The Hall–Kier alpha value is -1.14. The fourth-order valence-electron chi connectivity index (χ4n) is 5.39. The van der Waals surface area contributed by atoms with E-state index in [1.807, 2.05) is 12.1 Å². The van der Waals surface area contributed by atoms with Crippen LogP contribution in [-0.4, -0.2) is 78.1 Å². The van der Waals surface area contributed by atoms with Crippen molar-refractivity contribution in [2.45, 2.75) is 36.9 Å². The molecule has 5 nitrogen and oxygen atoms in total. The second-order valence-corrected chi connectivity index (χ2v) is 7.42. The van der Waals surface area contributed by atoms with E-state index in [-0.39, 0.29) is 19.3 Å². The molecule has 2 bridgehead atoms. The molecule has 0 aliphatic carbocycles. The molecule has 0 saturated carbocycles. The standard InChI is InChI=1S/C19H28N2O3/c1-24-17-5-3-2-4-15(17)16-10-21(14(11-22)12-23)18-13-6-8-20(9-7-13)19(16)18/h2-5,13-14,16,18-19,22-23H,6-12H2,1H3/t16-,18+,19+/m0/s1. The van der Waals surface area contributed by atoms with Gasteiger partial charge in [-0.1, -0.05) is 18.2 Å². The highest BCUT2D eigenvalue weighted by Gasteiger charge is 2.54. The van der Waals surface area contributed by atoms with Crippen molar-refractivity contribution >= 4 is 0 Å². The van der Waals surface area contributed by atoms with Gasteiger partial charge in [-0.3, -0.25) is 9.80 Å². The summed E-state index contributed by atoms with van der Waals surface area (Å²) in [6, 6.07) is 9.07. The average Bonchev–Trinajstić information content (AvgIpc) is 3.06. The first-order chi connectivity index (χ1) is 11.8. The van der Waals surface area contributed by atoms with E-state index in [0.29, 0.717) is 23.9 Å². The number of aliphatic hydroxyl groups excluding tert-OH is 2. The van der Waals surface area contributed by atoms with E-state index >= 15 is 0 Å². The van der Waals surface area contributed by atoms with E-state index in [1.54, 1.807) is 7.11 Å². The third-order valence-electron chi connectivity index (χ3n) is 6.46. The quantitative estimate of drug-likeness (QED) is 0.839. The summed E-state index contributed by atoms with van der Waals surface area (Å²) < 4.78 is 5.63. The molecule has 0 aromatic heterocycles. The number of likely N-dealkylation sites (tertiary alicyclic amines) is 1. The lowest BCUT2D eigenvalue weighted by Gasteiger charge is -2.52. The van der Waals surface area contributed by atoms with Gasteiger partial charge < -0.3 is 14.9 Å². The first kappa shape index (κ1) is 16.3. The second kappa shape index (κ2) is 6.64. The second-order valence-electron chi connectivity index (χ2n) is 7.42. The fraction of sp³-hybridized carbons (Fsp3) is 0.684. The van der Waals surface area contributed by atoms with Crippen LogP contribution in [0.2, 0.25) is 0 Å². The van der Waals surface area contributed by atoms with Gasteiger partial charge in [-0.25, -0.2) is 0 Å². The van der Waals surface area contributed by atoms with Crippen molar-refractivity contribution < 1.29 is 14.9 Å². The topological polar surface area (TPSA) is 56.2 Å². The summed E-state index contributed by atoms with van der Waals surface area (Å²) in [5, 5.41) is 19.5. The number of methoxy groups -OCH3 is 1. The van der Waals surface area contributed by atoms with Gasteiger partial charge in [0.25, 0.3) is 0 Å². The van der Waals surface area contributed by atoms with Crippen LogP contribution in [0.15, 0.2) is 24.3 Å². The highest BCUT2D eigenvalue weighted by Crippen LogP contribution is 2.48. The maximum Gasteiger partial charge on any atom is 0.122 e. The molecule has 5 heteroatoms. The van der Waals surface area contributed by atoms with Gasteiger partial charge in [0.15, 0.2) is 0 Å². The molecule has 4 heterocycles. The summed E-state index contributed by atoms with van der Waals surface area (Å²) in [4.78, 5) is 5.02. The van der Waals surface area contributed by atoms with Gasteiger partial charge >= 0.3 is 0 Å². The Kier molecular flexibility index (Phi) is 4.52. The minimum absolute atomic E-state index is 0.0189. The SMILES string of the molecule is COc1ccccc1[C@@H]1CN(C(CO)CO)[C@@H]2C3CCN(CC3)[C@@H]21. The van der Waals surface area contributed by atoms with Crippen molar-refractivity contribution in [1.82, 2.24) is 9.80 Å². The van der Waals surface area contributed by atoms with Crippen LogP contribution >= 0.6 is 0 Å². The first-order valence-corrected chi connectivity index (χ1v) is 9.13. The zero-order chi connectivity index (χ0) is 16.7. The summed E-state index contributed by atoms with van der Waals surface area (Å²) in [5.41, 5.74) is 1.26. The number of hydrogen-bond donors (Lipinski definition) is 2. The molecule has 24 heavy (non-hydrogen) atoms. The van der Waals surface area contributed by atoms with Gasteiger partial charge in [-0.15, -0.1) is 0 Å². The molecule has 0 amide bonds. The molecule has 3 atom stereocenters. The van der Waals surface area contributed by atoms with E-state index in [2.05, 4.69) is 21.9 Å². The minimum atomic E-state index is -0.155. The number of aliphatic hydroxyl groups is 2. The number of para-hydroxylation sites is 1. The Morgan fingerprint density at radius 2 is 1.83 bits per heavy atom. The van der Waals surface area contributed by atoms with E-state index in [4.69, 9.17) is 4.74 Å². The van der Waals surface area contributed by atoms with Crippen molar-refractivity contribution in [1.29, 1.82) is 0 Å².